The Morgan fingerprint density at radius 1 is 1.58 bits per heavy atom. The largest absolute Gasteiger partial charge is 0.335 e. The van der Waals surface area contributed by atoms with Crippen LogP contribution in [0.1, 0.15) is 28.3 Å². The number of aromatic nitrogens is 2. The van der Waals surface area contributed by atoms with Crippen molar-refractivity contribution >= 4 is 17.7 Å². The van der Waals surface area contributed by atoms with Gasteiger partial charge in [0, 0.05) is 49.6 Å². The van der Waals surface area contributed by atoms with Gasteiger partial charge in [-0.05, 0) is 12.7 Å². The molecule has 0 spiro atoms. The average Bonchev–Trinajstić information content (AvgIpc) is 2.95. The van der Waals surface area contributed by atoms with Crippen molar-refractivity contribution in [2.45, 2.75) is 24.6 Å². The van der Waals surface area contributed by atoms with Crippen LogP contribution in [0.2, 0.25) is 0 Å². The Bertz CT molecular complexity index is 494. The third-order valence-corrected chi connectivity index (χ3v) is 4.82. The first-order valence-corrected chi connectivity index (χ1v) is 7.94. The second kappa shape index (κ2) is 5.46. The van der Waals surface area contributed by atoms with Gasteiger partial charge in [0.2, 0.25) is 5.82 Å². The molecule has 5 nitrogen and oxygen atoms in total. The van der Waals surface area contributed by atoms with Crippen LogP contribution in [-0.4, -0.2) is 51.9 Å². The van der Waals surface area contributed by atoms with E-state index in [4.69, 9.17) is 0 Å². The molecule has 102 valence electrons. The third-order valence-electron chi connectivity index (χ3n) is 3.77. The average molecular weight is 278 g/mol. The maximum Gasteiger partial charge on any atom is 0.291 e. The van der Waals surface area contributed by atoms with E-state index in [1.165, 1.54) is 0 Å². The summed E-state index contributed by atoms with van der Waals surface area (Å²) in [5, 5.41) is 3.84. The fraction of sp³-hybridized carbons (Fsp3) is 0.615. The van der Waals surface area contributed by atoms with E-state index in [0.29, 0.717) is 11.1 Å². The third kappa shape index (κ3) is 2.60. The number of hydrogen-bond acceptors (Lipinski definition) is 5. The van der Waals surface area contributed by atoms with Crippen LogP contribution in [0.4, 0.5) is 0 Å². The first kappa shape index (κ1) is 12.9. The molecule has 19 heavy (non-hydrogen) atoms. The molecule has 0 aromatic carbocycles. The van der Waals surface area contributed by atoms with Crippen LogP contribution in [0.5, 0.6) is 0 Å². The molecule has 0 aliphatic carbocycles. The van der Waals surface area contributed by atoms with Crippen molar-refractivity contribution in [1.82, 2.24) is 20.2 Å². The summed E-state index contributed by atoms with van der Waals surface area (Å²) in [6.07, 6.45) is 5.85. The van der Waals surface area contributed by atoms with Crippen LogP contribution in [0, 0.1) is 0 Å². The van der Waals surface area contributed by atoms with Crippen molar-refractivity contribution in [3.8, 4) is 0 Å². The molecule has 1 aromatic heterocycles. The zero-order valence-electron chi connectivity index (χ0n) is 11.1. The van der Waals surface area contributed by atoms with Crippen molar-refractivity contribution < 1.29 is 4.79 Å². The maximum atomic E-state index is 12.4. The van der Waals surface area contributed by atoms with Crippen LogP contribution in [0.3, 0.4) is 0 Å². The van der Waals surface area contributed by atoms with Gasteiger partial charge in [-0.3, -0.25) is 4.79 Å². The van der Waals surface area contributed by atoms with Gasteiger partial charge in [-0.15, -0.1) is 0 Å². The number of hydrogen-bond donors (Lipinski definition) is 1. The molecule has 0 radical (unpaired) electrons. The molecule has 0 unspecified atom stereocenters. The van der Waals surface area contributed by atoms with Gasteiger partial charge < -0.3 is 10.2 Å². The van der Waals surface area contributed by atoms with Gasteiger partial charge >= 0.3 is 0 Å². The normalized spacial score (nSPS) is 22.4. The van der Waals surface area contributed by atoms with Crippen molar-refractivity contribution in [1.29, 1.82) is 0 Å². The molecule has 1 fully saturated rings. The monoisotopic (exact) mass is 278 g/mol. The molecule has 1 saturated heterocycles. The Morgan fingerprint density at radius 3 is 3.26 bits per heavy atom. The molecule has 0 bridgehead atoms. The number of nitrogens with one attached hydrogen (secondary N) is 1. The summed E-state index contributed by atoms with van der Waals surface area (Å²) < 4.78 is 0. The fourth-order valence-corrected chi connectivity index (χ4v) is 3.26. The topological polar surface area (TPSA) is 58.1 Å². The van der Waals surface area contributed by atoms with E-state index in [1.807, 2.05) is 16.7 Å². The van der Waals surface area contributed by atoms with E-state index in [1.54, 1.807) is 6.20 Å². The van der Waals surface area contributed by atoms with E-state index in [2.05, 4.69) is 21.5 Å². The van der Waals surface area contributed by atoms with Crippen molar-refractivity contribution in [2.24, 2.45) is 0 Å². The molecule has 2 aliphatic heterocycles. The first-order chi connectivity index (χ1) is 9.28. The number of carbonyl (C=O) groups excluding carboxylic acids is 1. The van der Waals surface area contributed by atoms with E-state index in [9.17, 15) is 4.79 Å². The standard InChI is InChI=1S/C13H18N4OS/c1-19-10-3-5-17(8-10)13(18)12-15-7-9-6-14-4-2-11(9)16-12/h7,10,14H,2-6,8H2,1H3/t10-/m0/s1. The van der Waals surface area contributed by atoms with Gasteiger partial charge in [0.05, 0.1) is 5.69 Å². The first-order valence-electron chi connectivity index (χ1n) is 6.65. The van der Waals surface area contributed by atoms with Crippen molar-refractivity contribution in [2.75, 3.05) is 25.9 Å². The summed E-state index contributed by atoms with van der Waals surface area (Å²) >= 11 is 1.83. The Hall–Kier alpha value is -1.14. The molecule has 3 heterocycles. The minimum Gasteiger partial charge on any atom is -0.335 e. The number of thioether (sulfide) groups is 1. The summed E-state index contributed by atoms with van der Waals surface area (Å²) in [6.45, 7) is 3.38. The van der Waals surface area contributed by atoms with Gasteiger partial charge in [-0.2, -0.15) is 11.8 Å². The molecule has 1 atom stereocenters. The fourth-order valence-electron chi connectivity index (χ4n) is 2.59. The van der Waals surface area contributed by atoms with Crippen LogP contribution in [-0.2, 0) is 13.0 Å². The quantitative estimate of drug-likeness (QED) is 0.863. The van der Waals surface area contributed by atoms with E-state index >= 15 is 0 Å². The Labute approximate surface area is 117 Å². The lowest BCUT2D eigenvalue weighted by Gasteiger charge is -2.18. The van der Waals surface area contributed by atoms with Gasteiger partial charge in [0.1, 0.15) is 0 Å². The van der Waals surface area contributed by atoms with Crippen LogP contribution < -0.4 is 5.32 Å². The predicted octanol–water partition coefficient (Wildman–Crippen LogP) is 0.700. The van der Waals surface area contributed by atoms with Crippen LogP contribution in [0.25, 0.3) is 0 Å². The summed E-state index contributed by atoms with van der Waals surface area (Å²) in [4.78, 5) is 22.9. The van der Waals surface area contributed by atoms with Crippen LogP contribution >= 0.6 is 11.8 Å². The zero-order valence-corrected chi connectivity index (χ0v) is 11.9. The summed E-state index contributed by atoms with van der Waals surface area (Å²) in [7, 11) is 0. The lowest BCUT2D eigenvalue weighted by atomic mass is 10.1. The van der Waals surface area contributed by atoms with Crippen molar-refractivity contribution in [3.05, 3.63) is 23.3 Å². The molecule has 2 aliphatic rings. The highest BCUT2D eigenvalue weighted by molar-refractivity contribution is 7.99. The minimum atomic E-state index is -0.0158. The predicted molar refractivity (Wildman–Crippen MR) is 75.3 cm³/mol. The van der Waals surface area contributed by atoms with Gasteiger partial charge in [0.15, 0.2) is 0 Å². The molecule has 0 saturated carbocycles. The molecule has 1 aromatic rings. The van der Waals surface area contributed by atoms with E-state index in [0.717, 1.165) is 50.3 Å². The van der Waals surface area contributed by atoms with E-state index < -0.39 is 0 Å². The highest BCUT2D eigenvalue weighted by Gasteiger charge is 2.28. The molecular formula is C13H18N4OS. The number of likely N-dealkylation sites (tertiary alicyclic amines) is 1. The smallest absolute Gasteiger partial charge is 0.291 e. The number of fused-ring (bicyclic) bond motifs is 1. The zero-order chi connectivity index (χ0) is 13.2. The van der Waals surface area contributed by atoms with Gasteiger partial charge in [0.25, 0.3) is 5.91 Å². The van der Waals surface area contributed by atoms with Gasteiger partial charge in [-0.1, -0.05) is 0 Å². The molecule has 6 heteroatoms. The van der Waals surface area contributed by atoms with Crippen LogP contribution in [0.15, 0.2) is 6.20 Å². The molecule has 1 amide bonds. The second-order valence-corrected chi connectivity index (χ2v) is 6.13. The Kier molecular flexibility index (Phi) is 3.70. The lowest BCUT2D eigenvalue weighted by Crippen LogP contribution is -2.32. The minimum absolute atomic E-state index is 0.0158. The summed E-state index contributed by atoms with van der Waals surface area (Å²) in [5.74, 6) is 0.347. The van der Waals surface area contributed by atoms with Gasteiger partial charge in [-0.25, -0.2) is 9.97 Å². The Morgan fingerprint density at radius 2 is 2.47 bits per heavy atom. The second-order valence-electron chi connectivity index (χ2n) is 4.99. The Balaban J connectivity index is 1.77. The number of amides is 1. The SMILES string of the molecule is CS[C@H]1CCN(C(=O)c2ncc3c(n2)CCNC3)C1. The molecule has 3 rings (SSSR count). The van der Waals surface area contributed by atoms with E-state index in [-0.39, 0.29) is 5.91 Å². The number of nitrogens with zero attached hydrogens (tertiary/aromatic N) is 3. The maximum absolute atomic E-state index is 12.4. The lowest BCUT2D eigenvalue weighted by molar-refractivity contribution is 0.0780. The molecule has 1 N–H and O–H groups in total. The van der Waals surface area contributed by atoms with Crippen molar-refractivity contribution in [3.63, 3.8) is 0 Å². The number of rotatable bonds is 2. The highest BCUT2D eigenvalue weighted by atomic mass is 32.2. The number of carbonyl (C=O) groups is 1. The molecular weight excluding hydrogens is 260 g/mol. The summed E-state index contributed by atoms with van der Waals surface area (Å²) in [6, 6.07) is 0. The highest BCUT2D eigenvalue weighted by Crippen LogP contribution is 2.21. The summed E-state index contributed by atoms with van der Waals surface area (Å²) in [5.41, 5.74) is 2.14.